The summed E-state index contributed by atoms with van der Waals surface area (Å²) in [6.45, 7) is 2.17. The number of nitrogens with zero attached hydrogens (tertiary/aromatic N) is 3. The fourth-order valence-electron chi connectivity index (χ4n) is 6.05. The molecule has 0 aliphatic carbocycles. The lowest BCUT2D eigenvalue weighted by atomic mass is 9.84. The van der Waals surface area contributed by atoms with Gasteiger partial charge in [0, 0.05) is 59.2 Å². The minimum absolute atomic E-state index is 0.138. The number of thioether (sulfide) groups is 1. The van der Waals surface area contributed by atoms with Gasteiger partial charge in [-0.25, -0.2) is 13.1 Å². The Hall–Kier alpha value is -4.14. The topological polar surface area (TPSA) is 134 Å². The molecular weight excluding hydrogens is 710 g/mol. The van der Waals surface area contributed by atoms with Crippen molar-refractivity contribution in [3.8, 4) is 0 Å². The number of carbonyl (C=O) groups is 1. The van der Waals surface area contributed by atoms with Gasteiger partial charge in [-0.15, -0.1) is 11.8 Å². The number of halogens is 1. The van der Waals surface area contributed by atoms with E-state index in [9.17, 15) is 23.3 Å². The van der Waals surface area contributed by atoms with Crippen molar-refractivity contribution in [1.29, 1.82) is 0 Å². The molecule has 1 saturated heterocycles. The van der Waals surface area contributed by atoms with Crippen molar-refractivity contribution in [1.82, 2.24) is 9.62 Å². The second-order valence-corrected chi connectivity index (χ2v) is 15.9. The number of nitro benzene ring substituents is 1. The highest BCUT2D eigenvalue weighted by molar-refractivity contribution is 7.99. The van der Waals surface area contributed by atoms with Gasteiger partial charge in [0.25, 0.3) is 21.6 Å². The van der Waals surface area contributed by atoms with Crippen LogP contribution in [0.25, 0.3) is 0 Å². The molecule has 5 rings (SSSR count). The summed E-state index contributed by atoms with van der Waals surface area (Å²) in [6.07, 6.45) is 2.19. The molecule has 0 aromatic heterocycles. The van der Waals surface area contributed by atoms with Crippen molar-refractivity contribution in [2.45, 2.75) is 40.7 Å². The van der Waals surface area contributed by atoms with Gasteiger partial charge in [-0.3, -0.25) is 14.9 Å². The lowest BCUT2D eigenvalue weighted by Crippen LogP contribution is -2.43. The van der Waals surface area contributed by atoms with Crippen LogP contribution in [0.15, 0.2) is 107 Å². The zero-order valence-electron chi connectivity index (χ0n) is 28.8. The number of nitrogens with one attached hydrogen (secondary N) is 2. The van der Waals surface area contributed by atoms with Crippen LogP contribution in [0.3, 0.4) is 0 Å². The second kappa shape index (κ2) is 16.9. The van der Waals surface area contributed by atoms with Gasteiger partial charge >= 0.3 is 0 Å². The van der Waals surface area contributed by atoms with E-state index in [1.807, 2.05) is 73.6 Å². The van der Waals surface area contributed by atoms with E-state index in [1.165, 1.54) is 12.1 Å². The lowest BCUT2D eigenvalue weighted by Gasteiger charge is -2.42. The number of ether oxygens (including phenoxy) is 1. The Bertz CT molecular complexity index is 1900. The lowest BCUT2D eigenvalue weighted by molar-refractivity contribution is -0.384. The third-order valence-corrected chi connectivity index (χ3v) is 11.8. The minimum atomic E-state index is -4.43. The largest absolute Gasteiger partial charge is 0.376 e. The SMILES string of the molecule is COC1(c2ccc(Cl)cc2)CCN(c2ccc(C(=O)NS(=O)(=O)c3ccc(NC(CCN(C)C)CSc4ccccc4)c([N+](=O)[O-])c3)cc2)CC1. The van der Waals surface area contributed by atoms with Gasteiger partial charge in [0.15, 0.2) is 0 Å². The maximum absolute atomic E-state index is 13.3. The summed E-state index contributed by atoms with van der Waals surface area (Å²) >= 11 is 7.71. The number of rotatable bonds is 15. The molecule has 1 atom stereocenters. The highest BCUT2D eigenvalue weighted by Crippen LogP contribution is 2.38. The molecule has 1 aliphatic heterocycles. The van der Waals surface area contributed by atoms with Crippen LogP contribution in [0, 0.1) is 10.1 Å². The van der Waals surface area contributed by atoms with Crippen LogP contribution >= 0.6 is 23.4 Å². The third-order valence-electron chi connectivity index (χ3n) is 9.01. The number of carbonyl (C=O) groups excluding carboxylic acids is 1. The van der Waals surface area contributed by atoms with Crippen molar-refractivity contribution in [2.24, 2.45) is 0 Å². The molecule has 1 aliphatic rings. The molecule has 11 nitrogen and oxygen atoms in total. The smallest absolute Gasteiger partial charge is 0.293 e. The first-order valence-corrected chi connectivity index (χ1v) is 19.3. The Balaban J connectivity index is 1.24. The number of anilines is 2. The number of piperidine rings is 1. The first kappa shape index (κ1) is 38.1. The van der Waals surface area contributed by atoms with Gasteiger partial charge in [0.05, 0.1) is 15.4 Å². The van der Waals surface area contributed by atoms with Crippen molar-refractivity contribution in [2.75, 3.05) is 56.8 Å². The van der Waals surface area contributed by atoms with E-state index in [2.05, 4.69) is 14.9 Å². The molecule has 2 N–H and O–H groups in total. The summed E-state index contributed by atoms with van der Waals surface area (Å²) in [5.41, 5.74) is 1.48. The highest BCUT2D eigenvalue weighted by Gasteiger charge is 2.36. The molecule has 1 heterocycles. The van der Waals surface area contributed by atoms with Crippen LogP contribution in [0.2, 0.25) is 5.02 Å². The fourth-order valence-corrected chi connectivity index (χ4v) is 8.16. The summed E-state index contributed by atoms with van der Waals surface area (Å²) in [5.74, 6) is -0.202. The van der Waals surface area contributed by atoms with Gasteiger partial charge in [-0.2, -0.15) is 0 Å². The van der Waals surface area contributed by atoms with E-state index in [1.54, 1.807) is 43.1 Å². The zero-order valence-corrected chi connectivity index (χ0v) is 31.1. The summed E-state index contributed by atoms with van der Waals surface area (Å²) in [5, 5.41) is 16.1. The van der Waals surface area contributed by atoms with Gasteiger partial charge < -0.3 is 19.9 Å². The summed E-state index contributed by atoms with van der Waals surface area (Å²) in [6, 6.07) is 27.7. The Morgan fingerprint density at radius 2 is 1.69 bits per heavy atom. The molecule has 1 unspecified atom stereocenters. The zero-order chi connectivity index (χ0) is 36.6. The average molecular weight is 752 g/mol. The molecule has 4 aromatic carbocycles. The van der Waals surface area contributed by atoms with E-state index in [-0.39, 0.29) is 22.2 Å². The summed E-state index contributed by atoms with van der Waals surface area (Å²) < 4.78 is 34.6. The molecule has 0 radical (unpaired) electrons. The molecule has 1 fully saturated rings. The standard InChI is InChI=1S/C37H42ClN5O6S2/c1-41(2)22-19-30(26-50-32-7-5-4-6-8-32)39-34-18-17-33(25-35(34)43(45)46)51(47,48)40-36(44)27-9-15-31(16-10-27)42-23-20-37(49-3,21-24-42)28-11-13-29(38)14-12-28/h4-18,25,30,39H,19-24,26H2,1-3H3,(H,40,44). The van der Waals surface area contributed by atoms with Gasteiger partial charge in [-0.1, -0.05) is 41.9 Å². The number of nitro groups is 1. The predicted molar refractivity (Wildman–Crippen MR) is 204 cm³/mol. The molecule has 4 aromatic rings. The predicted octanol–water partition coefficient (Wildman–Crippen LogP) is 7.03. The minimum Gasteiger partial charge on any atom is -0.376 e. The van der Waals surface area contributed by atoms with E-state index in [0.29, 0.717) is 30.3 Å². The average Bonchev–Trinajstić information content (AvgIpc) is 3.13. The van der Waals surface area contributed by atoms with Crippen LogP contribution < -0.4 is 14.9 Å². The maximum atomic E-state index is 13.3. The van der Waals surface area contributed by atoms with E-state index < -0.39 is 32.1 Å². The highest BCUT2D eigenvalue weighted by atomic mass is 35.5. The molecule has 0 saturated carbocycles. The first-order chi connectivity index (χ1) is 24.4. The van der Waals surface area contributed by atoms with Crippen molar-refractivity contribution < 1.29 is 22.9 Å². The van der Waals surface area contributed by atoms with Gasteiger partial charge in [-0.05, 0) is 106 Å². The summed E-state index contributed by atoms with van der Waals surface area (Å²) in [4.78, 5) is 29.5. The Labute approximate surface area is 308 Å². The number of hydrogen-bond acceptors (Lipinski definition) is 10. The first-order valence-electron chi connectivity index (χ1n) is 16.5. The number of benzene rings is 4. The van der Waals surface area contributed by atoms with Crippen molar-refractivity contribution >= 4 is 56.4 Å². The number of hydrogen-bond donors (Lipinski definition) is 2. The monoisotopic (exact) mass is 751 g/mol. The molecular formula is C37H42ClN5O6S2. The number of amides is 1. The van der Waals surface area contributed by atoms with Crippen LogP contribution in [0.4, 0.5) is 17.1 Å². The molecule has 1 amide bonds. The van der Waals surface area contributed by atoms with E-state index in [4.69, 9.17) is 16.3 Å². The van der Waals surface area contributed by atoms with E-state index in [0.717, 1.165) is 41.6 Å². The van der Waals surface area contributed by atoms with Crippen LogP contribution in [0.5, 0.6) is 0 Å². The fraction of sp³-hybridized carbons (Fsp3) is 0.324. The Morgan fingerprint density at radius 3 is 2.29 bits per heavy atom. The Morgan fingerprint density at radius 1 is 1.02 bits per heavy atom. The van der Waals surface area contributed by atoms with Gasteiger partial charge in [0.1, 0.15) is 5.69 Å². The van der Waals surface area contributed by atoms with Crippen LogP contribution in [-0.4, -0.2) is 76.8 Å². The number of sulfonamides is 1. The van der Waals surface area contributed by atoms with Gasteiger partial charge in [0.2, 0.25) is 0 Å². The molecule has 0 bridgehead atoms. The molecule has 270 valence electrons. The normalized spacial score (nSPS) is 15.0. The summed E-state index contributed by atoms with van der Waals surface area (Å²) in [7, 11) is 1.20. The molecule has 51 heavy (non-hydrogen) atoms. The maximum Gasteiger partial charge on any atom is 0.293 e. The molecule has 0 spiro atoms. The second-order valence-electron chi connectivity index (χ2n) is 12.7. The van der Waals surface area contributed by atoms with Crippen molar-refractivity contribution in [3.63, 3.8) is 0 Å². The van der Waals surface area contributed by atoms with Crippen LogP contribution in [0.1, 0.15) is 35.2 Å². The van der Waals surface area contributed by atoms with E-state index >= 15 is 0 Å². The quantitative estimate of drug-likeness (QED) is 0.0741. The molecule has 14 heteroatoms. The number of methoxy groups -OCH3 is 1. The van der Waals surface area contributed by atoms with Crippen LogP contribution in [-0.2, 0) is 20.4 Å². The Kier molecular flexibility index (Phi) is 12.6. The third kappa shape index (κ3) is 9.80. The van der Waals surface area contributed by atoms with Crippen molar-refractivity contribution in [3.05, 3.63) is 123 Å².